The molecule has 0 spiro atoms. The highest BCUT2D eigenvalue weighted by molar-refractivity contribution is 7.92. The van der Waals surface area contributed by atoms with E-state index in [1.165, 1.54) is 30.5 Å². The summed E-state index contributed by atoms with van der Waals surface area (Å²) in [5, 5.41) is 4.86. The van der Waals surface area contributed by atoms with E-state index < -0.39 is 28.3 Å². The van der Waals surface area contributed by atoms with Gasteiger partial charge in [0.15, 0.2) is 0 Å². The van der Waals surface area contributed by atoms with E-state index in [0.717, 1.165) is 27.8 Å². The first-order valence-electron chi connectivity index (χ1n) is 11.4. The minimum Gasteiger partial charge on any atom is -0.316 e. The van der Waals surface area contributed by atoms with Crippen LogP contribution in [0.2, 0.25) is 10.0 Å². The number of hydrazone groups is 1. The summed E-state index contributed by atoms with van der Waals surface area (Å²) in [7, 11) is -4.11. The van der Waals surface area contributed by atoms with Gasteiger partial charge in [-0.25, -0.2) is 18.2 Å². The Hall–Kier alpha value is -3.66. The number of benzene rings is 3. The number of nitrogens with zero attached hydrogens (tertiary/aromatic N) is 3. The molecule has 0 saturated carbocycles. The Morgan fingerprint density at radius 1 is 1.03 bits per heavy atom. The van der Waals surface area contributed by atoms with Gasteiger partial charge >= 0.3 is 0 Å². The minimum atomic E-state index is -4.11. The molecular weight excluding hydrogens is 550 g/mol. The van der Waals surface area contributed by atoms with Crippen molar-refractivity contribution in [3.05, 3.63) is 112 Å². The first-order valence-corrected chi connectivity index (χ1v) is 13.6. The van der Waals surface area contributed by atoms with Crippen LogP contribution in [0.25, 0.3) is 5.69 Å². The highest BCUT2D eigenvalue weighted by Gasteiger charge is 2.27. The zero-order valence-electron chi connectivity index (χ0n) is 20.4. The second kappa shape index (κ2) is 11.4. The molecule has 196 valence electrons. The van der Waals surface area contributed by atoms with Crippen LogP contribution in [0.1, 0.15) is 17.0 Å². The molecule has 0 bridgehead atoms. The van der Waals surface area contributed by atoms with Crippen molar-refractivity contribution in [3.63, 3.8) is 0 Å². The summed E-state index contributed by atoms with van der Waals surface area (Å²) in [4.78, 5) is 12.8. The quantitative estimate of drug-likeness (QED) is 0.211. The SMILES string of the molecule is Cc1cc(/C=N/NC(=O)CN(c2ccc(F)cc2)S(=O)(=O)c2ccccc2)c(C)n1-c1cccc(Cl)c1Cl. The Morgan fingerprint density at radius 2 is 1.71 bits per heavy atom. The van der Waals surface area contributed by atoms with E-state index in [0.29, 0.717) is 21.3 Å². The number of aryl methyl sites for hydroxylation is 1. The van der Waals surface area contributed by atoms with E-state index in [-0.39, 0.29) is 10.6 Å². The molecule has 11 heteroatoms. The number of hydrogen-bond donors (Lipinski definition) is 1. The highest BCUT2D eigenvalue weighted by atomic mass is 35.5. The van der Waals surface area contributed by atoms with Gasteiger partial charge in [0, 0.05) is 17.0 Å². The van der Waals surface area contributed by atoms with Gasteiger partial charge in [-0.2, -0.15) is 5.10 Å². The van der Waals surface area contributed by atoms with Crippen LogP contribution in [-0.2, 0) is 14.8 Å². The van der Waals surface area contributed by atoms with Crippen molar-refractivity contribution in [2.75, 3.05) is 10.8 Å². The fourth-order valence-electron chi connectivity index (χ4n) is 3.94. The van der Waals surface area contributed by atoms with Gasteiger partial charge in [0.05, 0.1) is 32.5 Å². The van der Waals surface area contributed by atoms with E-state index in [1.807, 2.05) is 30.5 Å². The lowest BCUT2D eigenvalue weighted by Gasteiger charge is -2.23. The van der Waals surface area contributed by atoms with Gasteiger partial charge in [0.2, 0.25) is 0 Å². The molecule has 0 radical (unpaired) electrons. The molecule has 1 aromatic heterocycles. The van der Waals surface area contributed by atoms with Gasteiger partial charge in [0.25, 0.3) is 15.9 Å². The second-order valence-corrected chi connectivity index (χ2v) is 11.0. The van der Waals surface area contributed by atoms with E-state index in [9.17, 15) is 17.6 Å². The predicted molar refractivity (Wildman–Crippen MR) is 148 cm³/mol. The molecule has 4 aromatic rings. The summed E-state index contributed by atoms with van der Waals surface area (Å²) in [6, 6.07) is 19.7. The van der Waals surface area contributed by atoms with Crippen LogP contribution in [0.5, 0.6) is 0 Å². The monoisotopic (exact) mass is 572 g/mol. The Labute approximate surface area is 230 Å². The lowest BCUT2D eigenvalue weighted by atomic mass is 10.2. The standard InChI is InChI=1S/C27H23Cl2FN4O3S/c1-18-15-20(19(2)34(18)25-10-6-9-24(28)27(25)29)16-31-32-26(35)17-33(22-13-11-21(30)12-14-22)38(36,37)23-7-4-3-5-8-23/h3-16H,17H2,1-2H3,(H,32,35)/b31-16+. The Balaban J connectivity index is 1.56. The number of nitrogens with one attached hydrogen (secondary N) is 1. The first kappa shape index (κ1) is 27.4. The van der Waals surface area contributed by atoms with Crippen LogP contribution in [0.3, 0.4) is 0 Å². The van der Waals surface area contributed by atoms with Gasteiger partial charge in [-0.05, 0) is 68.4 Å². The smallest absolute Gasteiger partial charge is 0.264 e. The zero-order valence-corrected chi connectivity index (χ0v) is 22.7. The van der Waals surface area contributed by atoms with Crippen LogP contribution < -0.4 is 9.73 Å². The number of hydrogen-bond acceptors (Lipinski definition) is 4. The maximum atomic E-state index is 13.5. The molecule has 1 N–H and O–H groups in total. The van der Waals surface area contributed by atoms with Gasteiger partial charge in [-0.1, -0.05) is 47.5 Å². The summed E-state index contributed by atoms with van der Waals surface area (Å²) in [5.74, 6) is -1.21. The Morgan fingerprint density at radius 3 is 2.39 bits per heavy atom. The van der Waals surface area contributed by atoms with Crippen molar-refractivity contribution >= 4 is 51.0 Å². The van der Waals surface area contributed by atoms with Crippen molar-refractivity contribution < 1.29 is 17.6 Å². The fourth-order valence-corrected chi connectivity index (χ4v) is 5.76. The number of carbonyl (C=O) groups is 1. The maximum absolute atomic E-state index is 13.5. The van der Waals surface area contributed by atoms with Gasteiger partial charge in [-0.3, -0.25) is 9.10 Å². The van der Waals surface area contributed by atoms with Crippen LogP contribution in [0.4, 0.5) is 10.1 Å². The van der Waals surface area contributed by atoms with E-state index in [4.69, 9.17) is 23.2 Å². The molecule has 3 aromatic carbocycles. The molecule has 0 fully saturated rings. The van der Waals surface area contributed by atoms with Gasteiger partial charge in [0.1, 0.15) is 12.4 Å². The summed E-state index contributed by atoms with van der Waals surface area (Å²) in [5.41, 5.74) is 5.61. The molecule has 0 aliphatic rings. The predicted octanol–water partition coefficient (Wildman–Crippen LogP) is 5.89. The van der Waals surface area contributed by atoms with Crippen molar-refractivity contribution in [1.29, 1.82) is 0 Å². The summed E-state index contributed by atoms with van der Waals surface area (Å²) < 4.78 is 42.9. The molecular formula is C27H23Cl2FN4O3S. The third-order valence-corrected chi connectivity index (χ3v) is 8.37. The van der Waals surface area contributed by atoms with Crippen LogP contribution in [-0.4, -0.2) is 31.7 Å². The average molecular weight is 573 g/mol. The van der Waals surface area contributed by atoms with E-state index in [1.54, 1.807) is 30.3 Å². The largest absolute Gasteiger partial charge is 0.316 e. The zero-order chi connectivity index (χ0) is 27.4. The molecule has 0 aliphatic heterocycles. The lowest BCUT2D eigenvalue weighted by Crippen LogP contribution is -2.39. The van der Waals surface area contributed by atoms with Crippen LogP contribution in [0.15, 0.2) is 88.9 Å². The number of sulfonamides is 1. The molecule has 1 amide bonds. The fraction of sp³-hybridized carbons (Fsp3) is 0.111. The third-order valence-electron chi connectivity index (χ3n) is 5.77. The Kier molecular flexibility index (Phi) is 8.20. The first-order chi connectivity index (χ1) is 18.1. The molecule has 7 nitrogen and oxygen atoms in total. The van der Waals surface area contributed by atoms with Crippen LogP contribution in [0, 0.1) is 19.7 Å². The van der Waals surface area contributed by atoms with Gasteiger partial charge in [-0.15, -0.1) is 0 Å². The molecule has 0 saturated heterocycles. The molecule has 0 aliphatic carbocycles. The average Bonchev–Trinajstić information content (AvgIpc) is 3.18. The highest BCUT2D eigenvalue weighted by Crippen LogP contribution is 2.31. The number of aromatic nitrogens is 1. The van der Waals surface area contributed by atoms with Crippen molar-refractivity contribution in [1.82, 2.24) is 9.99 Å². The summed E-state index contributed by atoms with van der Waals surface area (Å²) in [6.45, 7) is 3.20. The summed E-state index contributed by atoms with van der Waals surface area (Å²) in [6.07, 6.45) is 1.46. The van der Waals surface area contributed by atoms with E-state index in [2.05, 4.69) is 10.5 Å². The number of amides is 1. The van der Waals surface area contributed by atoms with E-state index >= 15 is 0 Å². The van der Waals surface area contributed by atoms with Gasteiger partial charge < -0.3 is 4.57 Å². The normalized spacial score (nSPS) is 11.6. The maximum Gasteiger partial charge on any atom is 0.264 e. The number of rotatable bonds is 8. The summed E-state index contributed by atoms with van der Waals surface area (Å²) >= 11 is 12.6. The Bertz CT molecular complexity index is 1610. The topological polar surface area (TPSA) is 83.8 Å². The second-order valence-electron chi connectivity index (χ2n) is 8.33. The minimum absolute atomic E-state index is 0.00672. The molecule has 1 heterocycles. The number of carbonyl (C=O) groups excluding carboxylic acids is 1. The number of halogens is 3. The number of anilines is 1. The molecule has 0 unspecified atom stereocenters. The van der Waals surface area contributed by atoms with Crippen molar-refractivity contribution in [3.8, 4) is 5.69 Å². The molecule has 4 rings (SSSR count). The van der Waals surface area contributed by atoms with Crippen LogP contribution >= 0.6 is 23.2 Å². The molecule has 0 atom stereocenters. The lowest BCUT2D eigenvalue weighted by molar-refractivity contribution is -0.119. The van der Waals surface area contributed by atoms with Crippen molar-refractivity contribution in [2.45, 2.75) is 18.7 Å². The molecule has 38 heavy (non-hydrogen) atoms. The van der Waals surface area contributed by atoms with Crippen molar-refractivity contribution in [2.24, 2.45) is 5.10 Å². The third kappa shape index (κ3) is 5.75.